The second kappa shape index (κ2) is 11.3. The van der Waals surface area contributed by atoms with Crippen molar-refractivity contribution in [3.63, 3.8) is 0 Å². The number of amides is 2. The minimum Gasteiger partial charge on any atom is -0.495 e. The van der Waals surface area contributed by atoms with Crippen LogP contribution in [0.5, 0.6) is 5.75 Å². The van der Waals surface area contributed by atoms with Crippen LogP contribution in [0.3, 0.4) is 0 Å². The zero-order chi connectivity index (χ0) is 29.4. The first-order valence-electron chi connectivity index (χ1n) is 13.7. The van der Waals surface area contributed by atoms with Crippen LogP contribution in [0.4, 0.5) is 11.5 Å². The van der Waals surface area contributed by atoms with Crippen molar-refractivity contribution in [3.8, 4) is 16.9 Å². The van der Waals surface area contributed by atoms with Gasteiger partial charge in [0.15, 0.2) is 0 Å². The van der Waals surface area contributed by atoms with Gasteiger partial charge in [-0.05, 0) is 35.2 Å². The fraction of sp³-hybridized carbons (Fsp3) is 0.219. The number of nitrogens with zero attached hydrogens (tertiary/aromatic N) is 4. The van der Waals surface area contributed by atoms with Crippen LogP contribution >= 0.6 is 11.3 Å². The fourth-order valence-electron chi connectivity index (χ4n) is 5.36. The number of carbonyl (C=O) groups is 2. The van der Waals surface area contributed by atoms with Gasteiger partial charge in [0.25, 0.3) is 5.91 Å². The van der Waals surface area contributed by atoms with Gasteiger partial charge in [-0.25, -0.2) is 4.98 Å². The Labute approximate surface area is 247 Å². The first-order chi connectivity index (χ1) is 20.3. The number of aromatic nitrogens is 2. The lowest BCUT2D eigenvalue weighted by Gasteiger charge is -2.31. The topological polar surface area (TPSA) is 106 Å². The number of thiophene rings is 1. The van der Waals surface area contributed by atoms with Crippen molar-refractivity contribution in [1.82, 2.24) is 19.4 Å². The third-order valence-electron chi connectivity index (χ3n) is 7.79. The van der Waals surface area contributed by atoms with Crippen molar-refractivity contribution in [2.45, 2.75) is 0 Å². The molecule has 3 aromatic heterocycles. The quantitative estimate of drug-likeness (QED) is 0.278. The number of fused-ring (bicyclic) bond motifs is 2. The summed E-state index contributed by atoms with van der Waals surface area (Å²) in [6.07, 6.45) is 5.90. The standard InChI is InChI=1S/C32H32N6O3S/c1-36-13-14-38(18-28(36)39)12-6-8-22-17-34-31(33)29-23(19-42-30(22)29)20-10-11-24(27(16-20)41-3)35-32(40)26-15-21-7-4-5-9-25(21)37(26)2/h4-11,15-17,19H,12-14,18H2,1-3H3,(H2,33,34)(H,35,40)/b8-6+. The van der Waals surface area contributed by atoms with E-state index < -0.39 is 0 Å². The molecule has 42 heavy (non-hydrogen) atoms. The van der Waals surface area contributed by atoms with E-state index in [9.17, 15) is 9.59 Å². The summed E-state index contributed by atoms with van der Waals surface area (Å²) in [7, 11) is 5.31. The van der Waals surface area contributed by atoms with Crippen LogP contribution in [0.25, 0.3) is 38.2 Å². The van der Waals surface area contributed by atoms with Gasteiger partial charge in [-0.3, -0.25) is 14.5 Å². The van der Waals surface area contributed by atoms with Crippen LogP contribution in [0.15, 0.2) is 66.2 Å². The van der Waals surface area contributed by atoms with Gasteiger partial charge in [0.2, 0.25) is 5.91 Å². The molecule has 0 spiro atoms. The van der Waals surface area contributed by atoms with E-state index in [1.807, 2.05) is 73.3 Å². The molecule has 0 unspecified atom stereocenters. The molecule has 1 saturated heterocycles. The molecule has 0 atom stereocenters. The maximum Gasteiger partial charge on any atom is 0.272 e. The number of para-hydroxylation sites is 1. The number of benzene rings is 2. The van der Waals surface area contributed by atoms with Crippen molar-refractivity contribution in [2.75, 3.05) is 51.4 Å². The number of aryl methyl sites for hydroxylation is 1. The molecule has 1 aliphatic heterocycles. The molecule has 0 bridgehead atoms. The molecule has 0 aliphatic carbocycles. The van der Waals surface area contributed by atoms with E-state index in [1.54, 1.807) is 29.5 Å². The summed E-state index contributed by atoms with van der Waals surface area (Å²) in [5, 5.41) is 6.97. The summed E-state index contributed by atoms with van der Waals surface area (Å²) >= 11 is 1.61. The molecule has 6 rings (SSSR count). The third kappa shape index (κ3) is 5.10. The Morgan fingerprint density at radius 1 is 1.17 bits per heavy atom. The molecule has 2 aromatic carbocycles. The lowest BCUT2D eigenvalue weighted by atomic mass is 10.0. The van der Waals surface area contributed by atoms with Gasteiger partial charge in [0.05, 0.1) is 19.3 Å². The minimum absolute atomic E-state index is 0.142. The molecule has 1 fully saturated rings. The molecule has 3 N–H and O–H groups in total. The van der Waals surface area contributed by atoms with Gasteiger partial charge in [-0.1, -0.05) is 36.4 Å². The number of anilines is 2. The summed E-state index contributed by atoms with van der Waals surface area (Å²) in [4.78, 5) is 33.6. The molecule has 2 amide bonds. The van der Waals surface area contributed by atoms with Gasteiger partial charge in [-0.15, -0.1) is 11.3 Å². The number of pyridine rings is 1. The predicted molar refractivity (Wildman–Crippen MR) is 170 cm³/mol. The summed E-state index contributed by atoms with van der Waals surface area (Å²) in [6.45, 7) is 2.71. The SMILES string of the molecule is COc1cc(-c2csc3c(/C=C/CN4CCN(C)C(=O)C4)cnc(N)c23)ccc1NC(=O)c1cc2ccccc2n1C. The summed E-state index contributed by atoms with van der Waals surface area (Å²) in [5.41, 5.74) is 11.3. The Balaban J connectivity index is 1.25. The Bertz CT molecular complexity index is 1860. The van der Waals surface area contributed by atoms with Crippen LogP contribution in [0, 0.1) is 0 Å². The summed E-state index contributed by atoms with van der Waals surface area (Å²) in [5.74, 6) is 0.925. The number of nitrogens with one attached hydrogen (secondary N) is 1. The molecule has 9 nitrogen and oxygen atoms in total. The van der Waals surface area contributed by atoms with Crippen LogP contribution in [0.1, 0.15) is 16.1 Å². The second-order valence-electron chi connectivity index (χ2n) is 10.4. The third-order valence-corrected chi connectivity index (χ3v) is 8.82. The normalized spacial score (nSPS) is 14.4. The van der Waals surface area contributed by atoms with E-state index >= 15 is 0 Å². The molecule has 0 saturated carbocycles. The van der Waals surface area contributed by atoms with Gasteiger partial charge in [-0.2, -0.15) is 0 Å². The Morgan fingerprint density at radius 2 is 2.00 bits per heavy atom. The van der Waals surface area contributed by atoms with E-state index in [2.05, 4.69) is 26.7 Å². The smallest absolute Gasteiger partial charge is 0.272 e. The van der Waals surface area contributed by atoms with Crippen LogP contribution < -0.4 is 15.8 Å². The van der Waals surface area contributed by atoms with Gasteiger partial charge >= 0.3 is 0 Å². The molecule has 10 heteroatoms. The number of methoxy groups -OCH3 is 1. The van der Waals surface area contributed by atoms with Crippen molar-refractivity contribution in [2.24, 2.45) is 7.05 Å². The highest BCUT2D eigenvalue weighted by molar-refractivity contribution is 7.18. The minimum atomic E-state index is -0.216. The van der Waals surface area contributed by atoms with Crippen molar-refractivity contribution >= 4 is 61.7 Å². The fourth-order valence-corrected chi connectivity index (χ4v) is 6.44. The molecule has 5 aromatic rings. The van der Waals surface area contributed by atoms with Gasteiger partial charge in [0, 0.05) is 72.0 Å². The van der Waals surface area contributed by atoms with Gasteiger partial charge < -0.3 is 25.3 Å². The highest BCUT2D eigenvalue weighted by atomic mass is 32.1. The second-order valence-corrected chi connectivity index (χ2v) is 11.3. The number of nitrogen functional groups attached to an aromatic ring is 1. The highest BCUT2D eigenvalue weighted by Crippen LogP contribution is 2.41. The maximum absolute atomic E-state index is 13.2. The largest absolute Gasteiger partial charge is 0.495 e. The monoisotopic (exact) mass is 580 g/mol. The predicted octanol–water partition coefficient (Wildman–Crippen LogP) is 5.09. The van der Waals surface area contributed by atoms with E-state index in [0.29, 0.717) is 36.0 Å². The number of hydrogen-bond donors (Lipinski definition) is 2. The first-order valence-corrected chi connectivity index (χ1v) is 14.5. The average molecular weight is 581 g/mol. The number of carbonyl (C=O) groups excluding carboxylic acids is 2. The van der Waals surface area contributed by atoms with E-state index in [1.165, 1.54) is 0 Å². The lowest BCUT2D eigenvalue weighted by molar-refractivity contribution is -0.134. The summed E-state index contributed by atoms with van der Waals surface area (Å²) < 4.78 is 8.61. The average Bonchev–Trinajstić information content (AvgIpc) is 3.59. The number of likely N-dealkylation sites (N-methyl/N-ethyl adjacent to an activating group) is 1. The Morgan fingerprint density at radius 3 is 2.79 bits per heavy atom. The molecule has 1 aliphatic rings. The number of hydrogen-bond acceptors (Lipinski definition) is 7. The van der Waals surface area contributed by atoms with E-state index in [4.69, 9.17) is 10.5 Å². The first kappa shape index (κ1) is 27.5. The van der Waals surface area contributed by atoms with E-state index in [0.717, 1.165) is 50.8 Å². The molecule has 4 heterocycles. The van der Waals surface area contributed by atoms with Crippen LogP contribution in [-0.4, -0.2) is 71.5 Å². The molecular formula is C32H32N6O3S. The number of rotatable bonds is 7. The Hall–Kier alpha value is -4.67. The number of nitrogens with two attached hydrogens (primary N) is 1. The van der Waals surface area contributed by atoms with Crippen molar-refractivity contribution < 1.29 is 14.3 Å². The van der Waals surface area contributed by atoms with Gasteiger partial charge in [0.1, 0.15) is 17.3 Å². The van der Waals surface area contributed by atoms with Crippen LogP contribution in [-0.2, 0) is 11.8 Å². The number of ether oxygens (including phenoxy) is 1. The van der Waals surface area contributed by atoms with E-state index in [-0.39, 0.29) is 11.8 Å². The Kier molecular flexibility index (Phi) is 7.40. The highest BCUT2D eigenvalue weighted by Gasteiger charge is 2.20. The molecular weight excluding hydrogens is 548 g/mol. The molecule has 214 valence electrons. The van der Waals surface area contributed by atoms with Crippen molar-refractivity contribution in [1.29, 1.82) is 0 Å². The maximum atomic E-state index is 13.2. The lowest BCUT2D eigenvalue weighted by Crippen LogP contribution is -2.48. The summed E-state index contributed by atoms with van der Waals surface area (Å²) in [6, 6.07) is 15.5. The van der Waals surface area contributed by atoms with Crippen molar-refractivity contribution in [3.05, 3.63) is 77.4 Å². The van der Waals surface area contributed by atoms with Crippen LogP contribution in [0.2, 0.25) is 0 Å². The zero-order valence-corrected chi connectivity index (χ0v) is 24.6. The molecule has 0 radical (unpaired) electrons. The number of piperazine rings is 1. The zero-order valence-electron chi connectivity index (χ0n) is 23.8.